The van der Waals surface area contributed by atoms with Gasteiger partial charge < -0.3 is 20.9 Å². The highest BCUT2D eigenvalue weighted by molar-refractivity contribution is 5.85. The Hall–Kier alpha value is -0.850. The number of nitrogens with two attached hydrogens (primary N) is 1. The van der Waals surface area contributed by atoms with Crippen LogP contribution in [0, 0.1) is 5.92 Å². The van der Waals surface area contributed by atoms with Crippen LogP contribution in [0.3, 0.4) is 0 Å². The minimum Gasteiger partial charge on any atom is -0.354 e. The molecule has 3 N–H and O–H groups in total. The quantitative estimate of drug-likeness (QED) is 0.746. The highest BCUT2D eigenvalue weighted by atomic mass is 35.5. The zero-order valence-corrected chi connectivity index (χ0v) is 16.8. The smallest absolute Gasteiger partial charge is 0.241 e. The van der Waals surface area contributed by atoms with Gasteiger partial charge in [-0.1, -0.05) is 30.3 Å². The number of likely N-dealkylation sites (tertiary alicyclic amines) is 1. The average Bonchev–Trinajstić information content (AvgIpc) is 2.58. The van der Waals surface area contributed by atoms with Crippen molar-refractivity contribution in [2.45, 2.75) is 18.9 Å². The molecule has 2 rings (SSSR count). The second-order valence-electron chi connectivity index (χ2n) is 6.72. The lowest BCUT2D eigenvalue weighted by molar-refractivity contribution is -0.122. The summed E-state index contributed by atoms with van der Waals surface area (Å²) in [5.74, 6) is 0.490. The van der Waals surface area contributed by atoms with Crippen LogP contribution in [0.4, 0.5) is 0 Å². The molecule has 5 nitrogen and oxygen atoms in total. The Morgan fingerprint density at radius 2 is 1.84 bits per heavy atom. The van der Waals surface area contributed by atoms with Gasteiger partial charge in [0, 0.05) is 19.6 Å². The molecule has 0 bridgehead atoms. The summed E-state index contributed by atoms with van der Waals surface area (Å²) in [4.78, 5) is 16.9. The Kier molecular flexibility index (Phi) is 12.1. The van der Waals surface area contributed by atoms with E-state index in [9.17, 15) is 4.79 Å². The third-order valence-corrected chi connectivity index (χ3v) is 4.58. The van der Waals surface area contributed by atoms with Crippen molar-refractivity contribution in [1.29, 1.82) is 0 Å². The maximum absolute atomic E-state index is 12.2. The van der Waals surface area contributed by atoms with Crippen molar-refractivity contribution in [3.05, 3.63) is 35.9 Å². The van der Waals surface area contributed by atoms with Gasteiger partial charge in [-0.25, -0.2) is 0 Å². The lowest BCUT2D eigenvalue weighted by Gasteiger charge is -2.32. The number of piperidine rings is 1. The highest BCUT2D eigenvalue weighted by Gasteiger charge is 2.21. The van der Waals surface area contributed by atoms with Crippen molar-refractivity contribution in [3.8, 4) is 0 Å². The van der Waals surface area contributed by atoms with Crippen LogP contribution in [0.2, 0.25) is 0 Å². The van der Waals surface area contributed by atoms with Crippen molar-refractivity contribution in [3.63, 3.8) is 0 Å². The molecule has 1 heterocycles. The number of hydrogen-bond donors (Lipinski definition) is 2. The first kappa shape index (κ1) is 24.1. The Labute approximate surface area is 164 Å². The molecule has 1 amide bonds. The Balaban J connectivity index is 0.00000288. The number of rotatable bonds is 7. The van der Waals surface area contributed by atoms with E-state index in [1.807, 2.05) is 30.3 Å². The van der Waals surface area contributed by atoms with E-state index in [1.54, 1.807) is 0 Å². The van der Waals surface area contributed by atoms with Gasteiger partial charge in [0.15, 0.2) is 0 Å². The number of benzene rings is 1. The summed E-state index contributed by atoms with van der Waals surface area (Å²) < 4.78 is 0. The van der Waals surface area contributed by atoms with Crippen LogP contribution < -0.4 is 11.1 Å². The van der Waals surface area contributed by atoms with E-state index in [0.717, 1.165) is 51.1 Å². The van der Waals surface area contributed by atoms with Gasteiger partial charge in [0.05, 0.1) is 0 Å². The molecular formula is C18H32Cl2N4O. The molecule has 1 aliphatic rings. The second-order valence-corrected chi connectivity index (χ2v) is 6.72. The van der Waals surface area contributed by atoms with Crippen molar-refractivity contribution in [2.24, 2.45) is 11.7 Å². The van der Waals surface area contributed by atoms with Crippen molar-refractivity contribution >= 4 is 30.7 Å². The number of likely N-dealkylation sites (N-methyl/N-ethyl adjacent to an activating group) is 1. The Morgan fingerprint density at radius 3 is 2.40 bits per heavy atom. The fourth-order valence-corrected chi connectivity index (χ4v) is 2.92. The number of carbonyl (C=O) groups excluding carboxylic acids is 1. The molecule has 0 aliphatic carbocycles. The molecule has 25 heavy (non-hydrogen) atoms. The minimum absolute atomic E-state index is 0. The largest absolute Gasteiger partial charge is 0.354 e. The first-order valence-electron chi connectivity index (χ1n) is 8.51. The first-order chi connectivity index (χ1) is 11.1. The molecule has 1 aromatic rings. The Morgan fingerprint density at radius 1 is 1.24 bits per heavy atom. The van der Waals surface area contributed by atoms with Crippen molar-refractivity contribution < 1.29 is 4.79 Å². The van der Waals surface area contributed by atoms with E-state index in [0.29, 0.717) is 5.92 Å². The average molecular weight is 391 g/mol. The predicted molar refractivity (Wildman–Crippen MR) is 109 cm³/mol. The van der Waals surface area contributed by atoms with Gasteiger partial charge in [-0.15, -0.1) is 24.8 Å². The van der Waals surface area contributed by atoms with Crippen molar-refractivity contribution in [2.75, 3.05) is 46.8 Å². The van der Waals surface area contributed by atoms with Gasteiger partial charge in [-0.05, 0) is 51.5 Å². The Bertz CT molecular complexity index is 479. The van der Waals surface area contributed by atoms with Gasteiger partial charge in [-0.2, -0.15) is 0 Å². The normalized spacial score (nSPS) is 16.6. The molecule has 1 unspecified atom stereocenters. The molecule has 1 saturated heterocycles. The van der Waals surface area contributed by atoms with Gasteiger partial charge >= 0.3 is 0 Å². The molecule has 0 aromatic heterocycles. The van der Waals surface area contributed by atoms with Gasteiger partial charge in [-0.3, -0.25) is 4.79 Å². The number of halogens is 2. The van der Waals surface area contributed by atoms with E-state index < -0.39 is 6.04 Å². The lowest BCUT2D eigenvalue weighted by atomic mass is 9.96. The summed E-state index contributed by atoms with van der Waals surface area (Å²) in [5, 5.41) is 3.03. The summed E-state index contributed by atoms with van der Waals surface area (Å²) in [6, 6.07) is 8.97. The molecule has 0 spiro atoms. The maximum Gasteiger partial charge on any atom is 0.241 e. The van der Waals surface area contributed by atoms with E-state index in [-0.39, 0.29) is 30.7 Å². The molecular weight excluding hydrogens is 359 g/mol. The van der Waals surface area contributed by atoms with Gasteiger partial charge in [0.25, 0.3) is 0 Å². The molecule has 0 radical (unpaired) electrons. The fourth-order valence-electron chi connectivity index (χ4n) is 2.92. The van der Waals surface area contributed by atoms with Crippen LogP contribution in [0.5, 0.6) is 0 Å². The predicted octanol–water partition coefficient (Wildman–Crippen LogP) is 1.92. The van der Waals surface area contributed by atoms with Gasteiger partial charge in [0.1, 0.15) is 6.04 Å². The minimum atomic E-state index is -0.573. The number of hydrogen-bond acceptors (Lipinski definition) is 4. The molecule has 1 atom stereocenters. The second kappa shape index (κ2) is 12.5. The van der Waals surface area contributed by atoms with Crippen LogP contribution in [0.1, 0.15) is 24.4 Å². The molecule has 144 valence electrons. The summed E-state index contributed by atoms with van der Waals surface area (Å²) in [6.07, 6.45) is 2.29. The first-order valence-corrected chi connectivity index (χ1v) is 8.51. The van der Waals surface area contributed by atoms with Crippen LogP contribution >= 0.6 is 24.8 Å². The summed E-state index contributed by atoms with van der Waals surface area (Å²) in [6.45, 7) is 5.22. The van der Waals surface area contributed by atoms with Crippen molar-refractivity contribution in [1.82, 2.24) is 15.1 Å². The zero-order valence-electron chi connectivity index (χ0n) is 15.2. The van der Waals surface area contributed by atoms with E-state index >= 15 is 0 Å². The maximum atomic E-state index is 12.2. The summed E-state index contributed by atoms with van der Waals surface area (Å²) in [5.41, 5.74) is 6.88. The number of carbonyl (C=O) groups is 1. The highest BCUT2D eigenvalue weighted by Crippen LogP contribution is 2.16. The third-order valence-electron chi connectivity index (χ3n) is 4.58. The molecule has 1 aromatic carbocycles. The zero-order chi connectivity index (χ0) is 16.7. The summed E-state index contributed by atoms with van der Waals surface area (Å²) >= 11 is 0. The number of nitrogens with zero attached hydrogens (tertiary/aromatic N) is 2. The van der Waals surface area contributed by atoms with Gasteiger partial charge in [0.2, 0.25) is 5.91 Å². The van der Waals surface area contributed by atoms with Crippen LogP contribution in [0.25, 0.3) is 0 Å². The molecule has 7 heteroatoms. The standard InChI is InChI=1S/C18H30N4O.2ClH/c1-21(2)12-13-22-10-8-15(9-11-22)14-20-18(23)17(19)16-6-4-3-5-7-16;;/h3-7,15,17H,8-14,19H2,1-2H3,(H,20,23);2*1H. The van der Waals surface area contributed by atoms with E-state index in [1.165, 1.54) is 0 Å². The molecule has 1 aliphatic heterocycles. The third kappa shape index (κ3) is 8.38. The SMILES string of the molecule is CN(C)CCN1CCC(CNC(=O)C(N)c2ccccc2)CC1.Cl.Cl. The molecule has 0 saturated carbocycles. The van der Waals surface area contributed by atoms with E-state index in [4.69, 9.17) is 5.73 Å². The summed E-state index contributed by atoms with van der Waals surface area (Å²) in [7, 11) is 4.22. The number of nitrogens with one attached hydrogen (secondary N) is 1. The molecule has 1 fully saturated rings. The number of amides is 1. The van der Waals surface area contributed by atoms with Crippen LogP contribution in [0.15, 0.2) is 30.3 Å². The van der Waals surface area contributed by atoms with E-state index in [2.05, 4.69) is 29.2 Å². The lowest BCUT2D eigenvalue weighted by Crippen LogP contribution is -2.42. The monoisotopic (exact) mass is 390 g/mol. The van der Waals surface area contributed by atoms with Crippen LogP contribution in [-0.4, -0.2) is 62.5 Å². The fraction of sp³-hybridized carbons (Fsp3) is 0.611. The van der Waals surface area contributed by atoms with Crippen LogP contribution in [-0.2, 0) is 4.79 Å². The topological polar surface area (TPSA) is 61.6 Å².